The van der Waals surface area contributed by atoms with Gasteiger partial charge in [-0.05, 0) is 49.2 Å². The normalized spacial score (nSPS) is 15.9. The van der Waals surface area contributed by atoms with Gasteiger partial charge in [0.15, 0.2) is 11.5 Å². The van der Waals surface area contributed by atoms with Crippen LogP contribution < -0.4 is 21.1 Å². The summed E-state index contributed by atoms with van der Waals surface area (Å²) in [5, 5.41) is 7.08. The van der Waals surface area contributed by atoms with Crippen molar-refractivity contribution in [1.29, 1.82) is 0 Å². The molecule has 2 aromatic heterocycles. The summed E-state index contributed by atoms with van der Waals surface area (Å²) in [5.74, 6) is -0.312. The lowest BCUT2D eigenvalue weighted by Crippen LogP contribution is -2.46. The molecule has 11 heteroatoms. The number of sulfonamides is 1. The van der Waals surface area contributed by atoms with Crippen LogP contribution in [0.5, 0.6) is 0 Å². The average molecular weight is 518 g/mol. The molecule has 0 spiro atoms. The quantitative estimate of drug-likeness (QED) is 0.291. The maximum Gasteiger partial charge on any atom is 0.274 e. The molecule has 0 radical (unpaired) electrons. The number of fused-ring (bicyclic) bond motifs is 1. The number of rotatable bonds is 7. The van der Waals surface area contributed by atoms with Crippen LogP contribution in [0.3, 0.4) is 0 Å². The zero-order chi connectivity index (χ0) is 25.8. The number of amides is 1. The van der Waals surface area contributed by atoms with Crippen LogP contribution >= 0.6 is 0 Å². The third kappa shape index (κ3) is 5.74. The van der Waals surface area contributed by atoms with E-state index in [2.05, 4.69) is 30.3 Å². The van der Waals surface area contributed by atoms with Crippen LogP contribution in [0.2, 0.25) is 0 Å². The lowest BCUT2D eigenvalue weighted by molar-refractivity contribution is 0.0926. The number of anilines is 1. The van der Waals surface area contributed by atoms with Crippen molar-refractivity contribution in [1.82, 2.24) is 30.3 Å². The first-order valence-electron chi connectivity index (χ1n) is 12.0. The van der Waals surface area contributed by atoms with E-state index in [1.165, 1.54) is 6.20 Å². The van der Waals surface area contributed by atoms with E-state index < -0.39 is 10.0 Å². The van der Waals surface area contributed by atoms with Gasteiger partial charge in [-0.15, -0.1) is 0 Å². The maximum absolute atomic E-state index is 12.9. The van der Waals surface area contributed by atoms with Crippen molar-refractivity contribution in [3.05, 3.63) is 78.2 Å². The highest BCUT2D eigenvalue weighted by Gasteiger charge is 2.20. The van der Waals surface area contributed by atoms with E-state index in [0.29, 0.717) is 23.3 Å². The lowest BCUT2D eigenvalue weighted by atomic mass is 10.1. The van der Waals surface area contributed by atoms with Gasteiger partial charge in [0.1, 0.15) is 0 Å². The first-order valence-corrected chi connectivity index (χ1v) is 13.5. The average Bonchev–Trinajstić information content (AvgIpc) is 2.92. The first kappa shape index (κ1) is 24.8. The molecule has 4 aromatic rings. The van der Waals surface area contributed by atoms with E-state index in [1.54, 1.807) is 42.6 Å². The molecule has 0 bridgehead atoms. The number of piperidine rings is 1. The fraction of sp³-hybridized carbons (Fsp3) is 0.231. The third-order valence-corrected chi connectivity index (χ3v) is 7.62. The molecule has 5 N–H and O–H groups in total. The van der Waals surface area contributed by atoms with Crippen molar-refractivity contribution in [2.45, 2.75) is 30.3 Å². The molecule has 190 valence electrons. The minimum absolute atomic E-state index is 0.0147. The van der Waals surface area contributed by atoms with Crippen LogP contribution in [0.4, 0.5) is 5.82 Å². The molecule has 1 aliphatic heterocycles. The molecular weight excluding hydrogens is 490 g/mol. The minimum atomic E-state index is -3.76. The van der Waals surface area contributed by atoms with Gasteiger partial charge in [0.2, 0.25) is 10.0 Å². The van der Waals surface area contributed by atoms with Crippen LogP contribution in [0.1, 0.15) is 28.9 Å². The van der Waals surface area contributed by atoms with Crippen molar-refractivity contribution in [2.24, 2.45) is 0 Å². The van der Waals surface area contributed by atoms with Crippen molar-refractivity contribution in [3.8, 4) is 11.3 Å². The zero-order valence-electron chi connectivity index (χ0n) is 20.0. The summed E-state index contributed by atoms with van der Waals surface area (Å²) in [4.78, 5) is 25.8. The molecule has 2 aromatic carbocycles. The monoisotopic (exact) mass is 517 g/mol. The molecule has 3 heterocycles. The predicted octanol–water partition coefficient (Wildman–Crippen LogP) is 2.23. The Bertz CT molecular complexity index is 1550. The van der Waals surface area contributed by atoms with E-state index in [9.17, 15) is 13.2 Å². The lowest BCUT2D eigenvalue weighted by Gasteiger charge is -2.23. The molecule has 0 saturated carbocycles. The van der Waals surface area contributed by atoms with E-state index in [1.807, 2.05) is 18.2 Å². The van der Waals surface area contributed by atoms with Crippen molar-refractivity contribution < 1.29 is 13.2 Å². The van der Waals surface area contributed by atoms with Crippen LogP contribution in [0.15, 0.2) is 71.9 Å². The molecule has 5 rings (SSSR count). The Morgan fingerprint density at radius 1 is 1.11 bits per heavy atom. The Labute approximate surface area is 214 Å². The summed E-state index contributed by atoms with van der Waals surface area (Å²) in [5.41, 5.74) is 8.50. The number of pyridine rings is 1. The Hall–Kier alpha value is -3.93. The fourth-order valence-electron chi connectivity index (χ4n) is 4.25. The fourth-order valence-corrected chi connectivity index (χ4v) is 5.29. The molecule has 1 amide bonds. The molecule has 1 saturated heterocycles. The molecule has 1 unspecified atom stereocenters. The van der Waals surface area contributed by atoms with Gasteiger partial charge in [-0.25, -0.2) is 23.1 Å². The number of hydrogen-bond acceptors (Lipinski definition) is 8. The zero-order valence-corrected chi connectivity index (χ0v) is 20.8. The number of carbonyl (C=O) groups excluding carboxylic acids is 1. The molecule has 1 atom stereocenters. The number of aromatic nitrogens is 3. The number of hydrogen-bond donors (Lipinski definition) is 4. The third-order valence-electron chi connectivity index (χ3n) is 6.22. The van der Waals surface area contributed by atoms with Crippen molar-refractivity contribution >= 4 is 32.7 Å². The summed E-state index contributed by atoms with van der Waals surface area (Å²) in [7, 11) is -3.76. The smallest absolute Gasteiger partial charge is 0.274 e. The SMILES string of the molecule is Nc1ncc(-c2cccc(CNS(=O)(=O)c3ccc4cccnc4c3)c2)nc1C(=O)NC1CCCNC1. The molecule has 10 nitrogen and oxygen atoms in total. The predicted molar refractivity (Wildman–Crippen MR) is 141 cm³/mol. The summed E-state index contributed by atoms with van der Waals surface area (Å²) in [6, 6.07) is 15.8. The second-order valence-corrected chi connectivity index (χ2v) is 10.7. The Balaban J connectivity index is 1.31. The number of benzene rings is 2. The molecule has 0 aliphatic carbocycles. The number of carbonyl (C=O) groups is 1. The van der Waals surface area contributed by atoms with Gasteiger partial charge in [-0.1, -0.05) is 30.3 Å². The Morgan fingerprint density at radius 2 is 2.00 bits per heavy atom. The van der Waals surface area contributed by atoms with Crippen molar-refractivity contribution in [2.75, 3.05) is 18.8 Å². The number of nitrogens with zero attached hydrogens (tertiary/aromatic N) is 3. The van der Waals surface area contributed by atoms with Gasteiger partial charge < -0.3 is 16.4 Å². The van der Waals surface area contributed by atoms with Crippen molar-refractivity contribution in [3.63, 3.8) is 0 Å². The molecule has 1 aliphatic rings. The highest BCUT2D eigenvalue weighted by Crippen LogP contribution is 2.21. The minimum Gasteiger partial charge on any atom is -0.382 e. The van der Waals surface area contributed by atoms with Gasteiger partial charge in [0.05, 0.1) is 22.3 Å². The van der Waals surface area contributed by atoms with E-state index in [4.69, 9.17) is 5.73 Å². The number of nitrogen functional groups attached to an aromatic ring is 1. The largest absolute Gasteiger partial charge is 0.382 e. The summed E-state index contributed by atoms with van der Waals surface area (Å²) >= 11 is 0. The Morgan fingerprint density at radius 3 is 2.84 bits per heavy atom. The second-order valence-electron chi connectivity index (χ2n) is 8.89. The topological polar surface area (TPSA) is 152 Å². The van der Waals surface area contributed by atoms with Gasteiger partial charge in [-0.3, -0.25) is 9.78 Å². The van der Waals surface area contributed by atoms with Gasteiger partial charge in [-0.2, -0.15) is 0 Å². The summed E-state index contributed by atoms with van der Waals surface area (Å²) < 4.78 is 28.4. The van der Waals surface area contributed by atoms with Gasteiger partial charge in [0, 0.05) is 36.3 Å². The van der Waals surface area contributed by atoms with Crippen LogP contribution in [0, 0.1) is 0 Å². The van der Waals surface area contributed by atoms with E-state index in [-0.39, 0.29) is 34.9 Å². The van der Waals surface area contributed by atoms with Gasteiger partial charge >= 0.3 is 0 Å². The summed E-state index contributed by atoms with van der Waals surface area (Å²) in [6.45, 7) is 1.71. The second kappa shape index (κ2) is 10.6. The number of nitrogens with two attached hydrogens (primary N) is 1. The van der Waals surface area contributed by atoms with E-state index in [0.717, 1.165) is 30.3 Å². The highest BCUT2D eigenvalue weighted by atomic mass is 32.2. The molecule has 37 heavy (non-hydrogen) atoms. The standard InChI is InChI=1S/C26H27N7O3S/c27-25-24(26(34)32-20-7-3-10-28-15-20)33-23(16-30-25)19-5-1-4-17(12-19)14-31-37(35,36)21-9-8-18-6-2-11-29-22(18)13-21/h1-2,4-6,8-9,11-13,16,20,28,31H,3,7,10,14-15H2,(H2,27,30)(H,32,34). The van der Waals surface area contributed by atoms with E-state index >= 15 is 0 Å². The Kier molecular flexibility index (Phi) is 7.08. The highest BCUT2D eigenvalue weighted by molar-refractivity contribution is 7.89. The van der Waals surface area contributed by atoms with Crippen LogP contribution in [0.25, 0.3) is 22.2 Å². The maximum atomic E-state index is 12.9. The first-order chi connectivity index (χ1) is 17.9. The summed E-state index contributed by atoms with van der Waals surface area (Å²) in [6.07, 6.45) is 5.00. The van der Waals surface area contributed by atoms with Crippen LogP contribution in [-0.4, -0.2) is 48.4 Å². The number of nitrogens with one attached hydrogen (secondary N) is 3. The van der Waals surface area contributed by atoms with Gasteiger partial charge in [0.25, 0.3) is 5.91 Å². The molecule has 1 fully saturated rings. The van der Waals surface area contributed by atoms with Crippen LogP contribution in [-0.2, 0) is 16.6 Å². The molecular formula is C26H27N7O3S.